The minimum atomic E-state index is -0.0235. The first-order valence-electron chi connectivity index (χ1n) is 8.04. The van der Waals surface area contributed by atoms with Crippen LogP contribution in [0.5, 0.6) is 0 Å². The number of aliphatic hydroxyl groups excluding tert-OH is 1. The molecular weight excluding hydrogens is 262 g/mol. The van der Waals surface area contributed by atoms with Crippen LogP contribution in [0.3, 0.4) is 0 Å². The van der Waals surface area contributed by atoms with Crippen molar-refractivity contribution in [3.05, 3.63) is 22.9 Å². The summed E-state index contributed by atoms with van der Waals surface area (Å²) in [6, 6.07) is 4.27. The molecule has 1 aromatic heterocycles. The highest BCUT2D eigenvalue weighted by Crippen LogP contribution is 2.38. The van der Waals surface area contributed by atoms with E-state index in [0.717, 1.165) is 31.4 Å². The van der Waals surface area contributed by atoms with Gasteiger partial charge in [-0.3, -0.25) is 0 Å². The molecule has 0 aliphatic heterocycles. The average Bonchev–Trinajstić information content (AvgIpc) is 3.01. The van der Waals surface area contributed by atoms with E-state index in [4.69, 9.17) is 4.98 Å². The van der Waals surface area contributed by atoms with Gasteiger partial charge in [0.2, 0.25) is 0 Å². The lowest BCUT2D eigenvalue weighted by Gasteiger charge is -2.27. The number of pyridine rings is 1. The fraction of sp³-hybridized carbons (Fsp3) is 0.647. The van der Waals surface area contributed by atoms with Gasteiger partial charge in [0, 0.05) is 17.7 Å². The molecule has 0 unspecified atom stereocenters. The number of nitrogens with zero attached hydrogens (tertiary/aromatic N) is 2. The average molecular weight is 285 g/mol. The van der Waals surface area contributed by atoms with Crippen LogP contribution in [-0.4, -0.2) is 23.2 Å². The van der Waals surface area contributed by atoms with Crippen molar-refractivity contribution in [2.24, 2.45) is 5.41 Å². The molecular formula is C17H23N3O. The quantitative estimate of drug-likeness (QED) is 0.892. The van der Waals surface area contributed by atoms with Crippen LogP contribution in [0.4, 0.5) is 5.82 Å². The van der Waals surface area contributed by atoms with E-state index in [1.54, 1.807) is 0 Å². The monoisotopic (exact) mass is 285 g/mol. The van der Waals surface area contributed by atoms with Crippen LogP contribution in [0.2, 0.25) is 0 Å². The molecule has 4 heteroatoms. The van der Waals surface area contributed by atoms with Crippen LogP contribution in [0.1, 0.15) is 55.3 Å². The third-order valence-electron chi connectivity index (χ3n) is 5.05. The van der Waals surface area contributed by atoms with Gasteiger partial charge in [0.1, 0.15) is 11.9 Å². The maximum Gasteiger partial charge on any atom is 0.144 e. The van der Waals surface area contributed by atoms with Crippen LogP contribution in [0.15, 0.2) is 6.07 Å². The fourth-order valence-corrected chi connectivity index (χ4v) is 3.64. The number of aliphatic hydroxyl groups is 1. The molecule has 0 saturated heterocycles. The van der Waals surface area contributed by atoms with Gasteiger partial charge in [0.15, 0.2) is 0 Å². The van der Waals surface area contributed by atoms with Crippen molar-refractivity contribution in [1.82, 2.24) is 4.98 Å². The summed E-state index contributed by atoms with van der Waals surface area (Å²) in [6.45, 7) is 0.927. The maximum atomic E-state index is 9.69. The van der Waals surface area contributed by atoms with Gasteiger partial charge in [0.25, 0.3) is 0 Å². The van der Waals surface area contributed by atoms with Crippen LogP contribution in [-0.2, 0) is 12.8 Å². The summed E-state index contributed by atoms with van der Waals surface area (Å²) < 4.78 is 0. The van der Waals surface area contributed by atoms with Gasteiger partial charge in [-0.1, -0.05) is 12.8 Å². The predicted molar refractivity (Wildman–Crippen MR) is 82.1 cm³/mol. The Morgan fingerprint density at radius 1 is 1.24 bits per heavy atom. The number of rotatable bonds is 4. The highest BCUT2D eigenvalue weighted by Gasteiger charge is 2.33. The van der Waals surface area contributed by atoms with Crippen molar-refractivity contribution in [3.8, 4) is 6.07 Å². The number of fused-ring (bicyclic) bond motifs is 1. The Hall–Kier alpha value is -1.60. The van der Waals surface area contributed by atoms with E-state index in [1.807, 2.05) is 6.07 Å². The molecule has 0 radical (unpaired) electrons. The fourth-order valence-electron chi connectivity index (χ4n) is 3.64. The lowest BCUT2D eigenvalue weighted by Crippen LogP contribution is -2.31. The molecule has 0 atom stereocenters. The molecule has 1 aromatic rings. The Morgan fingerprint density at radius 3 is 2.71 bits per heavy atom. The standard InChI is InChI=1S/C17H23N3O/c18-10-14-9-13-5-1-2-6-15(13)20-16(14)19-11-17(12-21)7-3-4-8-17/h9,21H,1-8,11-12H2,(H,19,20). The molecule has 112 valence electrons. The van der Waals surface area contributed by atoms with E-state index in [0.29, 0.717) is 17.9 Å². The van der Waals surface area contributed by atoms with E-state index < -0.39 is 0 Å². The first kappa shape index (κ1) is 14.3. The summed E-state index contributed by atoms with van der Waals surface area (Å²) in [6.07, 6.45) is 8.92. The van der Waals surface area contributed by atoms with Gasteiger partial charge >= 0.3 is 0 Å². The van der Waals surface area contributed by atoms with Gasteiger partial charge in [-0.2, -0.15) is 5.26 Å². The highest BCUT2D eigenvalue weighted by molar-refractivity contribution is 5.54. The number of aryl methyl sites for hydroxylation is 2. The second-order valence-electron chi connectivity index (χ2n) is 6.53. The Balaban J connectivity index is 1.80. The largest absolute Gasteiger partial charge is 0.396 e. The zero-order valence-corrected chi connectivity index (χ0v) is 12.5. The molecule has 2 aliphatic carbocycles. The first-order chi connectivity index (χ1) is 10.3. The molecule has 1 saturated carbocycles. The normalized spacial score (nSPS) is 19.8. The second-order valence-corrected chi connectivity index (χ2v) is 6.53. The predicted octanol–water partition coefficient (Wildman–Crippen LogP) is 2.80. The van der Waals surface area contributed by atoms with Crippen LogP contribution >= 0.6 is 0 Å². The lowest BCUT2D eigenvalue weighted by molar-refractivity contribution is 0.142. The van der Waals surface area contributed by atoms with E-state index in [-0.39, 0.29) is 12.0 Å². The maximum absolute atomic E-state index is 9.69. The van der Waals surface area contributed by atoms with E-state index in [1.165, 1.54) is 31.2 Å². The Kier molecular flexibility index (Phi) is 4.12. The zero-order valence-electron chi connectivity index (χ0n) is 12.5. The van der Waals surface area contributed by atoms with E-state index in [2.05, 4.69) is 11.4 Å². The summed E-state index contributed by atoms with van der Waals surface area (Å²) in [4.78, 5) is 4.70. The number of nitriles is 1. The number of hydrogen-bond donors (Lipinski definition) is 2. The van der Waals surface area contributed by atoms with Crippen molar-refractivity contribution in [1.29, 1.82) is 5.26 Å². The highest BCUT2D eigenvalue weighted by atomic mass is 16.3. The first-order valence-corrected chi connectivity index (χ1v) is 8.04. The third-order valence-corrected chi connectivity index (χ3v) is 5.05. The van der Waals surface area contributed by atoms with Gasteiger partial charge in [-0.15, -0.1) is 0 Å². The summed E-state index contributed by atoms with van der Waals surface area (Å²) in [5.74, 6) is 0.706. The number of aromatic nitrogens is 1. The van der Waals surface area contributed by atoms with E-state index >= 15 is 0 Å². The Bertz CT molecular complexity index is 556. The molecule has 2 aliphatic rings. The smallest absolute Gasteiger partial charge is 0.144 e. The van der Waals surface area contributed by atoms with Gasteiger partial charge in [0.05, 0.1) is 12.2 Å². The van der Waals surface area contributed by atoms with Crippen LogP contribution < -0.4 is 5.32 Å². The molecule has 1 fully saturated rings. The minimum absolute atomic E-state index is 0.0235. The molecule has 0 aromatic carbocycles. The second kappa shape index (κ2) is 6.03. The Labute approximate surface area is 126 Å². The molecule has 0 bridgehead atoms. The number of nitrogens with one attached hydrogen (secondary N) is 1. The van der Waals surface area contributed by atoms with Gasteiger partial charge < -0.3 is 10.4 Å². The minimum Gasteiger partial charge on any atom is -0.396 e. The number of anilines is 1. The van der Waals surface area contributed by atoms with Crippen molar-refractivity contribution in [3.63, 3.8) is 0 Å². The summed E-state index contributed by atoms with van der Waals surface area (Å²) in [5, 5.41) is 22.4. The van der Waals surface area contributed by atoms with Crippen molar-refractivity contribution >= 4 is 5.82 Å². The zero-order chi connectivity index (χ0) is 14.7. The van der Waals surface area contributed by atoms with Crippen molar-refractivity contribution < 1.29 is 5.11 Å². The van der Waals surface area contributed by atoms with Gasteiger partial charge in [-0.25, -0.2) is 4.98 Å². The molecule has 2 N–H and O–H groups in total. The molecule has 4 nitrogen and oxygen atoms in total. The molecule has 0 spiro atoms. The summed E-state index contributed by atoms with van der Waals surface area (Å²) in [7, 11) is 0. The summed E-state index contributed by atoms with van der Waals surface area (Å²) in [5.41, 5.74) is 3.00. The van der Waals surface area contributed by atoms with E-state index in [9.17, 15) is 10.4 Å². The molecule has 21 heavy (non-hydrogen) atoms. The summed E-state index contributed by atoms with van der Waals surface area (Å²) >= 11 is 0. The SMILES string of the molecule is N#Cc1cc2c(nc1NCC1(CO)CCCC1)CCCC2. The number of hydrogen-bond acceptors (Lipinski definition) is 4. The van der Waals surface area contributed by atoms with Crippen molar-refractivity contribution in [2.75, 3.05) is 18.5 Å². The topological polar surface area (TPSA) is 68.9 Å². The molecule has 0 amide bonds. The van der Waals surface area contributed by atoms with Crippen LogP contribution in [0.25, 0.3) is 0 Å². The lowest BCUT2D eigenvalue weighted by atomic mass is 9.87. The third kappa shape index (κ3) is 2.89. The Morgan fingerprint density at radius 2 is 2.00 bits per heavy atom. The van der Waals surface area contributed by atoms with Gasteiger partial charge in [-0.05, 0) is 50.2 Å². The molecule has 1 heterocycles. The van der Waals surface area contributed by atoms with Crippen molar-refractivity contribution in [2.45, 2.75) is 51.4 Å². The van der Waals surface area contributed by atoms with Crippen LogP contribution in [0, 0.1) is 16.7 Å². The molecule has 3 rings (SSSR count).